The molecule has 42 heavy (non-hydrogen) atoms. The van der Waals surface area contributed by atoms with Crippen molar-refractivity contribution in [2.24, 2.45) is 0 Å². The van der Waals surface area contributed by atoms with E-state index < -0.39 is 0 Å². The van der Waals surface area contributed by atoms with E-state index in [0.29, 0.717) is 0 Å². The van der Waals surface area contributed by atoms with Gasteiger partial charge >= 0.3 is 11.9 Å². The van der Waals surface area contributed by atoms with Crippen LogP contribution in [-0.2, 0) is 32.2 Å². The highest BCUT2D eigenvalue weighted by atomic mass is 16.5. The molecule has 0 aliphatic rings. The molecule has 0 atom stereocenters. The van der Waals surface area contributed by atoms with E-state index in [2.05, 4.69) is 10.2 Å². The molecule has 0 radical (unpaired) electrons. The monoisotopic (exact) mass is 562 g/mol. The van der Waals surface area contributed by atoms with Crippen LogP contribution in [0.4, 0.5) is 0 Å². The maximum atomic E-state index is 11.6. The molecule has 4 aromatic carbocycles. The number of para-hydroxylation sites is 2. The number of methoxy groups -OCH3 is 3. The Morgan fingerprint density at radius 3 is 1.60 bits per heavy atom. The minimum atomic E-state index is -0.328. The van der Waals surface area contributed by atoms with Crippen molar-refractivity contribution >= 4 is 33.7 Å². The molecule has 0 saturated carbocycles. The normalized spacial score (nSPS) is 10.6. The third kappa shape index (κ3) is 6.00. The number of rotatable bonds is 7. The predicted octanol–water partition coefficient (Wildman–Crippen LogP) is 5.76. The lowest BCUT2D eigenvalue weighted by Crippen LogP contribution is -2.12. The maximum Gasteiger partial charge on any atom is 0.327 e. The van der Waals surface area contributed by atoms with Crippen LogP contribution in [0, 0.1) is 0 Å². The zero-order valence-electron chi connectivity index (χ0n) is 23.6. The first-order valence-electron chi connectivity index (χ1n) is 13.3. The molecule has 2 aromatic heterocycles. The van der Waals surface area contributed by atoms with Gasteiger partial charge in [0.25, 0.3) is 0 Å². The van der Waals surface area contributed by atoms with Crippen LogP contribution < -0.4 is 4.74 Å². The third-order valence-corrected chi connectivity index (χ3v) is 6.72. The van der Waals surface area contributed by atoms with Crippen LogP contribution in [0.3, 0.4) is 0 Å². The van der Waals surface area contributed by atoms with Crippen molar-refractivity contribution in [3.63, 3.8) is 0 Å². The van der Waals surface area contributed by atoms with Crippen LogP contribution in [0.2, 0.25) is 0 Å². The average molecular weight is 563 g/mol. The molecule has 0 amide bonds. The number of hydrogen-bond acceptors (Lipinski definition) is 7. The molecule has 0 aliphatic carbocycles. The van der Waals surface area contributed by atoms with Crippen LogP contribution in [0.25, 0.3) is 44.3 Å². The van der Waals surface area contributed by atoms with Crippen LogP contribution in [0.5, 0.6) is 5.75 Å². The number of nitrogens with zero attached hydrogens (tertiary/aromatic N) is 4. The summed E-state index contributed by atoms with van der Waals surface area (Å²) in [7, 11) is 4.39. The fourth-order valence-corrected chi connectivity index (χ4v) is 4.66. The van der Waals surface area contributed by atoms with E-state index in [1.165, 1.54) is 14.2 Å². The van der Waals surface area contributed by atoms with E-state index in [0.717, 1.165) is 50.1 Å². The maximum absolute atomic E-state index is 11.6. The zero-order chi connectivity index (χ0) is 29.5. The van der Waals surface area contributed by atoms with Gasteiger partial charge < -0.3 is 14.2 Å². The van der Waals surface area contributed by atoms with Gasteiger partial charge in [-0.05, 0) is 24.3 Å². The molecule has 6 aromatic rings. The first kappa shape index (κ1) is 28.1. The second-order valence-corrected chi connectivity index (χ2v) is 9.30. The number of carbonyl (C=O) groups excluding carboxylic acids is 2. The van der Waals surface area contributed by atoms with Crippen molar-refractivity contribution in [2.45, 2.75) is 13.1 Å². The van der Waals surface area contributed by atoms with E-state index in [1.807, 2.05) is 103 Å². The molecular weight excluding hydrogens is 532 g/mol. The van der Waals surface area contributed by atoms with Gasteiger partial charge in [0.05, 0.1) is 32.4 Å². The standard InChI is InChI=1S/C17H16N2O3.C16H14N2O2/c1-21-13-7-5-6-12(10-13)17-14-8-3-4-9-15(14)19(18-17)11-16(20)22-2;1-20-15(19)11-18-14-10-6-5-9-13(14)16(17-18)12-7-3-2-4-8-12/h3-10H,11H2,1-2H3;2-10H,11H2,1H3. The van der Waals surface area contributed by atoms with E-state index in [-0.39, 0.29) is 25.0 Å². The number of fused-ring (bicyclic) bond motifs is 2. The first-order valence-corrected chi connectivity index (χ1v) is 13.3. The van der Waals surface area contributed by atoms with Gasteiger partial charge in [0.2, 0.25) is 0 Å². The second kappa shape index (κ2) is 12.8. The Labute approximate surface area is 242 Å². The highest BCUT2D eigenvalue weighted by molar-refractivity contribution is 5.95. The molecule has 0 unspecified atom stereocenters. The first-order chi connectivity index (χ1) is 20.5. The van der Waals surface area contributed by atoms with Gasteiger partial charge in [0, 0.05) is 21.9 Å². The minimum Gasteiger partial charge on any atom is -0.497 e. The molecule has 0 N–H and O–H groups in total. The fourth-order valence-electron chi connectivity index (χ4n) is 4.66. The van der Waals surface area contributed by atoms with Gasteiger partial charge in [-0.2, -0.15) is 10.2 Å². The van der Waals surface area contributed by atoms with Gasteiger partial charge in [0.1, 0.15) is 30.2 Å². The molecule has 0 bridgehead atoms. The topological polar surface area (TPSA) is 97.5 Å². The van der Waals surface area contributed by atoms with Crippen molar-refractivity contribution < 1.29 is 23.8 Å². The van der Waals surface area contributed by atoms with Crippen molar-refractivity contribution in [3.8, 4) is 28.3 Å². The SMILES string of the molecule is COC(=O)Cn1nc(-c2cccc(OC)c2)c2ccccc21.COC(=O)Cn1nc(-c2ccccc2)c2ccccc21. The molecule has 0 aliphatic heterocycles. The summed E-state index contributed by atoms with van der Waals surface area (Å²) in [6.45, 7) is 0.199. The Morgan fingerprint density at radius 1 is 0.595 bits per heavy atom. The lowest BCUT2D eigenvalue weighted by molar-refractivity contribution is -0.142. The lowest BCUT2D eigenvalue weighted by Gasteiger charge is -2.02. The van der Waals surface area contributed by atoms with Gasteiger partial charge in [-0.1, -0.05) is 78.9 Å². The average Bonchev–Trinajstić information content (AvgIpc) is 3.60. The van der Waals surface area contributed by atoms with Crippen molar-refractivity contribution in [1.29, 1.82) is 0 Å². The summed E-state index contributed by atoms with van der Waals surface area (Å²) >= 11 is 0. The Balaban J connectivity index is 0.000000169. The van der Waals surface area contributed by atoms with Crippen LogP contribution in [-0.4, -0.2) is 52.8 Å². The minimum absolute atomic E-state index is 0.0843. The summed E-state index contributed by atoms with van der Waals surface area (Å²) in [5.41, 5.74) is 5.50. The van der Waals surface area contributed by atoms with Crippen LogP contribution in [0.1, 0.15) is 0 Å². The number of hydrogen-bond donors (Lipinski definition) is 0. The Kier molecular flexibility index (Phi) is 8.58. The van der Waals surface area contributed by atoms with Gasteiger partial charge in [-0.15, -0.1) is 0 Å². The van der Waals surface area contributed by atoms with Crippen molar-refractivity contribution in [3.05, 3.63) is 103 Å². The number of benzene rings is 4. The van der Waals surface area contributed by atoms with Gasteiger partial charge in [0.15, 0.2) is 0 Å². The zero-order valence-corrected chi connectivity index (χ0v) is 23.6. The number of carbonyl (C=O) groups is 2. The number of esters is 2. The summed E-state index contributed by atoms with van der Waals surface area (Å²) in [5, 5.41) is 11.2. The molecular formula is C33H30N4O5. The van der Waals surface area contributed by atoms with E-state index in [1.54, 1.807) is 16.5 Å². The molecule has 0 saturated heterocycles. The summed E-state index contributed by atoms with van der Waals surface area (Å²) < 4.78 is 18.1. The summed E-state index contributed by atoms with van der Waals surface area (Å²) in [5.74, 6) is 0.132. The largest absolute Gasteiger partial charge is 0.497 e. The summed E-state index contributed by atoms with van der Waals surface area (Å²) in [6.07, 6.45) is 0. The third-order valence-electron chi connectivity index (χ3n) is 6.72. The fraction of sp³-hybridized carbons (Fsp3) is 0.152. The molecule has 0 spiro atoms. The smallest absolute Gasteiger partial charge is 0.327 e. The van der Waals surface area contributed by atoms with E-state index in [9.17, 15) is 9.59 Å². The molecule has 9 heteroatoms. The molecule has 212 valence electrons. The predicted molar refractivity (Wildman–Crippen MR) is 161 cm³/mol. The molecule has 0 fully saturated rings. The lowest BCUT2D eigenvalue weighted by atomic mass is 10.1. The van der Waals surface area contributed by atoms with Crippen molar-refractivity contribution in [2.75, 3.05) is 21.3 Å². The van der Waals surface area contributed by atoms with Crippen molar-refractivity contribution in [1.82, 2.24) is 19.6 Å². The van der Waals surface area contributed by atoms with Crippen LogP contribution >= 0.6 is 0 Å². The summed E-state index contributed by atoms with van der Waals surface area (Å²) in [4.78, 5) is 23.1. The molecule has 6 rings (SSSR count). The van der Waals surface area contributed by atoms with E-state index in [4.69, 9.17) is 14.2 Å². The van der Waals surface area contributed by atoms with Crippen LogP contribution in [0.15, 0.2) is 103 Å². The Morgan fingerprint density at radius 2 is 1.07 bits per heavy atom. The summed E-state index contributed by atoms with van der Waals surface area (Å²) in [6, 6.07) is 33.3. The van der Waals surface area contributed by atoms with Gasteiger partial charge in [-0.3, -0.25) is 19.0 Å². The van der Waals surface area contributed by atoms with Gasteiger partial charge in [-0.25, -0.2) is 0 Å². The van der Waals surface area contributed by atoms with E-state index >= 15 is 0 Å². The highest BCUT2D eigenvalue weighted by Crippen LogP contribution is 2.30. The molecule has 2 heterocycles. The Hall–Kier alpha value is -5.44. The molecule has 9 nitrogen and oxygen atoms in total. The number of ether oxygens (including phenoxy) is 3. The quantitative estimate of drug-likeness (QED) is 0.228. The highest BCUT2D eigenvalue weighted by Gasteiger charge is 2.15. The number of aromatic nitrogens is 4. The Bertz CT molecular complexity index is 1840. The second-order valence-electron chi connectivity index (χ2n) is 9.30.